The molecule has 0 aliphatic carbocycles. The zero-order chi connectivity index (χ0) is 13.3. The van der Waals surface area contributed by atoms with E-state index in [0.717, 1.165) is 19.5 Å². The molecule has 0 spiro atoms. The molecule has 0 saturated carbocycles. The third kappa shape index (κ3) is 6.77. The molecule has 0 unspecified atom stereocenters. The normalized spacial score (nSPS) is 11.7. The minimum absolute atomic E-state index is 0.203. The molecule has 0 amide bonds. The zero-order valence-corrected chi connectivity index (χ0v) is 11.8. The molecular weight excluding hydrogens is 222 g/mol. The fraction of sp³-hybridized carbons (Fsp3) is 0.625. The van der Waals surface area contributed by atoms with Crippen LogP contribution in [-0.2, 0) is 6.42 Å². The van der Waals surface area contributed by atoms with Gasteiger partial charge in [-0.1, -0.05) is 44.2 Å². The fourth-order valence-corrected chi connectivity index (χ4v) is 2.04. The van der Waals surface area contributed by atoms with Crippen LogP contribution in [0.3, 0.4) is 0 Å². The number of aliphatic hydroxyl groups is 1. The number of benzene rings is 1. The van der Waals surface area contributed by atoms with Crippen molar-refractivity contribution in [2.45, 2.75) is 39.5 Å². The van der Waals surface area contributed by atoms with Crippen molar-refractivity contribution in [1.29, 1.82) is 0 Å². The van der Waals surface area contributed by atoms with Gasteiger partial charge in [-0.3, -0.25) is 0 Å². The van der Waals surface area contributed by atoms with E-state index in [1.54, 1.807) is 0 Å². The van der Waals surface area contributed by atoms with Gasteiger partial charge >= 0.3 is 0 Å². The average molecular weight is 249 g/mol. The molecule has 0 atom stereocenters. The summed E-state index contributed by atoms with van der Waals surface area (Å²) in [5, 5.41) is 12.4. The second-order valence-electron chi connectivity index (χ2n) is 5.76. The SMILES string of the molecule is CC(C)(CCO)CNCCCCc1ccccc1. The van der Waals surface area contributed by atoms with Gasteiger partial charge in [0, 0.05) is 13.2 Å². The Hall–Kier alpha value is -0.860. The lowest BCUT2D eigenvalue weighted by Gasteiger charge is -2.23. The highest BCUT2D eigenvalue weighted by molar-refractivity contribution is 5.14. The van der Waals surface area contributed by atoms with Gasteiger partial charge in [-0.05, 0) is 43.2 Å². The third-order valence-electron chi connectivity index (χ3n) is 3.30. The van der Waals surface area contributed by atoms with Gasteiger partial charge in [0.25, 0.3) is 0 Å². The molecule has 0 aliphatic rings. The molecule has 0 aliphatic heterocycles. The van der Waals surface area contributed by atoms with Gasteiger partial charge in [0.05, 0.1) is 0 Å². The first-order valence-corrected chi connectivity index (χ1v) is 6.99. The van der Waals surface area contributed by atoms with Crippen molar-refractivity contribution in [2.75, 3.05) is 19.7 Å². The van der Waals surface area contributed by atoms with Crippen molar-refractivity contribution in [3.63, 3.8) is 0 Å². The van der Waals surface area contributed by atoms with Crippen LogP contribution in [0, 0.1) is 5.41 Å². The Morgan fingerprint density at radius 2 is 1.83 bits per heavy atom. The Balaban J connectivity index is 2.02. The summed E-state index contributed by atoms with van der Waals surface area (Å²) < 4.78 is 0. The van der Waals surface area contributed by atoms with E-state index in [9.17, 15) is 0 Å². The lowest BCUT2D eigenvalue weighted by molar-refractivity contribution is 0.207. The van der Waals surface area contributed by atoms with Gasteiger partial charge in [-0.2, -0.15) is 0 Å². The maximum atomic E-state index is 8.94. The molecule has 1 aromatic carbocycles. The molecule has 0 fully saturated rings. The van der Waals surface area contributed by atoms with E-state index in [4.69, 9.17) is 5.11 Å². The topological polar surface area (TPSA) is 32.3 Å². The van der Waals surface area contributed by atoms with Crippen LogP contribution < -0.4 is 5.32 Å². The number of aliphatic hydroxyl groups excluding tert-OH is 1. The van der Waals surface area contributed by atoms with Crippen molar-refractivity contribution < 1.29 is 5.11 Å². The summed E-state index contributed by atoms with van der Waals surface area (Å²) in [6.07, 6.45) is 4.48. The predicted octanol–water partition coefficient (Wildman–Crippen LogP) is 3.01. The van der Waals surface area contributed by atoms with Crippen molar-refractivity contribution in [3.8, 4) is 0 Å². The number of unbranched alkanes of at least 4 members (excludes halogenated alkanes) is 1. The maximum Gasteiger partial charge on any atom is 0.0436 e. The smallest absolute Gasteiger partial charge is 0.0436 e. The second-order valence-corrected chi connectivity index (χ2v) is 5.76. The van der Waals surface area contributed by atoms with E-state index in [1.165, 1.54) is 24.8 Å². The van der Waals surface area contributed by atoms with Crippen molar-refractivity contribution in [1.82, 2.24) is 5.32 Å². The summed E-state index contributed by atoms with van der Waals surface area (Å²) in [5.41, 5.74) is 1.63. The van der Waals surface area contributed by atoms with Gasteiger partial charge in [0.15, 0.2) is 0 Å². The lowest BCUT2D eigenvalue weighted by Crippen LogP contribution is -2.30. The highest BCUT2D eigenvalue weighted by Gasteiger charge is 2.15. The first-order chi connectivity index (χ1) is 8.64. The first-order valence-electron chi connectivity index (χ1n) is 6.99. The average Bonchev–Trinajstić information content (AvgIpc) is 2.35. The number of rotatable bonds is 9. The van der Waals surface area contributed by atoms with Crippen LogP contribution in [0.15, 0.2) is 30.3 Å². The van der Waals surface area contributed by atoms with Crippen LogP contribution in [0.5, 0.6) is 0 Å². The summed E-state index contributed by atoms with van der Waals surface area (Å²) in [5.74, 6) is 0. The second kappa shape index (κ2) is 8.28. The molecule has 1 rings (SSSR count). The Bertz CT molecular complexity index is 308. The predicted molar refractivity (Wildman–Crippen MR) is 77.7 cm³/mol. The highest BCUT2D eigenvalue weighted by atomic mass is 16.3. The first kappa shape index (κ1) is 15.2. The molecule has 0 bridgehead atoms. The van der Waals surface area contributed by atoms with Crippen LogP contribution in [0.25, 0.3) is 0 Å². The van der Waals surface area contributed by atoms with Gasteiger partial charge in [0.1, 0.15) is 0 Å². The molecule has 102 valence electrons. The van der Waals surface area contributed by atoms with Crippen LogP contribution in [0.2, 0.25) is 0 Å². The number of hydrogen-bond acceptors (Lipinski definition) is 2. The van der Waals surface area contributed by atoms with Gasteiger partial charge in [0.2, 0.25) is 0 Å². The summed E-state index contributed by atoms with van der Waals surface area (Å²) >= 11 is 0. The van der Waals surface area contributed by atoms with Crippen molar-refractivity contribution >= 4 is 0 Å². The number of nitrogens with one attached hydrogen (secondary N) is 1. The summed E-state index contributed by atoms with van der Waals surface area (Å²) in [7, 11) is 0. The molecule has 1 aromatic rings. The van der Waals surface area contributed by atoms with Gasteiger partial charge in [-0.25, -0.2) is 0 Å². The molecule has 0 aromatic heterocycles. The van der Waals surface area contributed by atoms with Crippen LogP contribution >= 0.6 is 0 Å². The summed E-state index contributed by atoms with van der Waals surface area (Å²) in [6, 6.07) is 10.7. The van der Waals surface area contributed by atoms with E-state index in [2.05, 4.69) is 49.5 Å². The zero-order valence-electron chi connectivity index (χ0n) is 11.8. The third-order valence-corrected chi connectivity index (χ3v) is 3.30. The summed E-state index contributed by atoms with van der Waals surface area (Å²) in [4.78, 5) is 0. The Kier molecular flexibility index (Phi) is 6.99. The molecule has 0 heterocycles. The largest absolute Gasteiger partial charge is 0.396 e. The minimum Gasteiger partial charge on any atom is -0.396 e. The molecule has 0 radical (unpaired) electrons. The van der Waals surface area contributed by atoms with Crippen molar-refractivity contribution in [2.24, 2.45) is 5.41 Å². The Morgan fingerprint density at radius 3 is 2.50 bits per heavy atom. The maximum absolute atomic E-state index is 8.94. The molecular formula is C16H27NO. The van der Waals surface area contributed by atoms with E-state index in [-0.39, 0.29) is 12.0 Å². The fourth-order valence-electron chi connectivity index (χ4n) is 2.04. The van der Waals surface area contributed by atoms with Crippen LogP contribution in [0.4, 0.5) is 0 Å². The van der Waals surface area contributed by atoms with Crippen molar-refractivity contribution in [3.05, 3.63) is 35.9 Å². The number of hydrogen-bond donors (Lipinski definition) is 2. The lowest BCUT2D eigenvalue weighted by atomic mass is 9.90. The Labute approximate surface area is 111 Å². The van der Waals surface area contributed by atoms with Crippen LogP contribution in [0.1, 0.15) is 38.7 Å². The Morgan fingerprint density at radius 1 is 1.11 bits per heavy atom. The van der Waals surface area contributed by atoms with E-state index >= 15 is 0 Å². The molecule has 18 heavy (non-hydrogen) atoms. The highest BCUT2D eigenvalue weighted by Crippen LogP contribution is 2.17. The molecule has 2 nitrogen and oxygen atoms in total. The quantitative estimate of drug-likeness (QED) is 0.659. The van der Waals surface area contributed by atoms with Crippen LogP contribution in [-0.4, -0.2) is 24.8 Å². The van der Waals surface area contributed by atoms with E-state index in [0.29, 0.717) is 0 Å². The minimum atomic E-state index is 0.203. The molecule has 2 N–H and O–H groups in total. The number of aryl methyl sites for hydroxylation is 1. The summed E-state index contributed by atoms with van der Waals surface area (Å²) in [6.45, 7) is 6.73. The van der Waals surface area contributed by atoms with Gasteiger partial charge < -0.3 is 10.4 Å². The van der Waals surface area contributed by atoms with Gasteiger partial charge in [-0.15, -0.1) is 0 Å². The molecule has 2 heteroatoms. The molecule has 0 saturated heterocycles. The van der Waals surface area contributed by atoms with E-state index in [1.807, 2.05) is 0 Å². The standard InChI is InChI=1S/C16H27NO/c1-16(2,11-13-18)14-17-12-7-6-10-15-8-4-3-5-9-15/h3-5,8-9,17-18H,6-7,10-14H2,1-2H3. The van der Waals surface area contributed by atoms with E-state index < -0.39 is 0 Å². The monoisotopic (exact) mass is 249 g/mol.